The van der Waals surface area contributed by atoms with Gasteiger partial charge in [-0.15, -0.1) is 0 Å². The number of rotatable bonds is 2. The molecule has 100 valence electrons. The number of hydrogen-bond donors (Lipinski definition) is 1. The van der Waals surface area contributed by atoms with Crippen LogP contribution in [0.4, 0.5) is 5.69 Å². The predicted octanol–water partition coefficient (Wildman–Crippen LogP) is 1.36. The maximum absolute atomic E-state index is 12.3. The smallest absolute Gasteiger partial charge is 0.182 e. The van der Waals surface area contributed by atoms with E-state index in [0.29, 0.717) is 17.4 Å². The van der Waals surface area contributed by atoms with Gasteiger partial charge in [-0.1, -0.05) is 19.9 Å². The monoisotopic (exact) mass is 268 g/mol. The van der Waals surface area contributed by atoms with Crippen molar-refractivity contribution in [2.45, 2.75) is 30.7 Å². The third-order valence-corrected chi connectivity index (χ3v) is 5.42. The summed E-state index contributed by atoms with van der Waals surface area (Å²) in [4.78, 5) is 2.42. The number of nitrogens with zero attached hydrogens (tertiary/aromatic N) is 1. The predicted molar refractivity (Wildman–Crippen MR) is 73.8 cm³/mol. The fourth-order valence-corrected chi connectivity index (χ4v) is 4.20. The van der Waals surface area contributed by atoms with E-state index >= 15 is 0 Å². The van der Waals surface area contributed by atoms with E-state index in [4.69, 9.17) is 5.73 Å². The van der Waals surface area contributed by atoms with Gasteiger partial charge in [0.1, 0.15) is 0 Å². The summed E-state index contributed by atoms with van der Waals surface area (Å²) in [5, 5.41) is 0. The number of sulfone groups is 1. The summed E-state index contributed by atoms with van der Waals surface area (Å²) in [6.45, 7) is 4.47. The number of fused-ring (bicyclic) bond motifs is 1. The normalized spacial score (nSPS) is 22.1. The summed E-state index contributed by atoms with van der Waals surface area (Å²) in [6.07, 6.45) is 0. The molecule has 5 heteroatoms. The Morgan fingerprint density at radius 1 is 1.44 bits per heavy atom. The van der Waals surface area contributed by atoms with E-state index in [1.54, 1.807) is 6.07 Å². The molecule has 1 aliphatic rings. The Kier molecular flexibility index (Phi) is 3.38. The fourth-order valence-electron chi connectivity index (χ4n) is 2.31. The SMILES string of the molecule is CC(C)c1ccc2c(c1)S(=O)(=O)CC(CN)N2C. The highest BCUT2D eigenvalue weighted by atomic mass is 32.2. The number of hydrogen-bond acceptors (Lipinski definition) is 4. The van der Waals surface area contributed by atoms with Crippen molar-refractivity contribution in [3.05, 3.63) is 23.8 Å². The number of benzene rings is 1. The molecule has 18 heavy (non-hydrogen) atoms. The van der Waals surface area contributed by atoms with Gasteiger partial charge in [0.15, 0.2) is 9.84 Å². The standard InChI is InChI=1S/C13H20N2O2S/c1-9(2)10-4-5-12-13(6-10)18(16,17)8-11(7-14)15(12)3/h4-6,9,11H,7-8,14H2,1-3H3. The van der Waals surface area contributed by atoms with Crippen molar-refractivity contribution in [1.82, 2.24) is 0 Å². The molecule has 1 unspecified atom stereocenters. The zero-order chi connectivity index (χ0) is 13.5. The zero-order valence-electron chi connectivity index (χ0n) is 11.1. The molecule has 4 nitrogen and oxygen atoms in total. The Labute approximate surface area is 109 Å². The minimum absolute atomic E-state index is 0.106. The van der Waals surface area contributed by atoms with Crippen LogP contribution < -0.4 is 10.6 Å². The summed E-state index contributed by atoms with van der Waals surface area (Å²) in [5.74, 6) is 0.428. The van der Waals surface area contributed by atoms with Gasteiger partial charge in [0.25, 0.3) is 0 Å². The fraction of sp³-hybridized carbons (Fsp3) is 0.538. The van der Waals surface area contributed by atoms with Crippen molar-refractivity contribution in [2.75, 3.05) is 24.2 Å². The Morgan fingerprint density at radius 2 is 2.11 bits per heavy atom. The lowest BCUT2D eigenvalue weighted by molar-refractivity contribution is 0.572. The second kappa shape index (κ2) is 4.55. The van der Waals surface area contributed by atoms with E-state index in [-0.39, 0.29) is 11.8 Å². The molecule has 2 N–H and O–H groups in total. The zero-order valence-corrected chi connectivity index (χ0v) is 11.9. The highest BCUT2D eigenvalue weighted by Gasteiger charge is 2.33. The van der Waals surface area contributed by atoms with Crippen LogP contribution in [0, 0.1) is 0 Å². The maximum Gasteiger partial charge on any atom is 0.182 e. The van der Waals surface area contributed by atoms with Gasteiger partial charge in [-0.2, -0.15) is 0 Å². The van der Waals surface area contributed by atoms with Crippen molar-refractivity contribution in [2.24, 2.45) is 5.73 Å². The van der Waals surface area contributed by atoms with E-state index in [1.807, 2.05) is 24.1 Å². The van der Waals surface area contributed by atoms with Gasteiger partial charge in [0.2, 0.25) is 0 Å². The lowest BCUT2D eigenvalue weighted by Crippen LogP contribution is -2.46. The van der Waals surface area contributed by atoms with Gasteiger partial charge in [-0.3, -0.25) is 0 Å². The molecule has 0 fully saturated rings. The summed E-state index contributed by atoms with van der Waals surface area (Å²) in [5.41, 5.74) is 7.46. The molecular formula is C13H20N2O2S. The van der Waals surface area contributed by atoms with Crippen molar-refractivity contribution < 1.29 is 8.42 Å². The number of nitrogens with two attached hydrogens (primary N) is 1. The Balaban J connectivity index is 2.59. The number of anilines is 1. The van der Waals surface area contributed by atoms with E-state index < -0.39 is 9.84 Å². The maximum atomic E-state index is 12.3. The average molecular weight is 268 g/mol. The summed E-state index contributed by atoms with van der Waals surface area (Å²) in [7, 11) is -1.31. The molecule has 1 aromatic rings. The van der Waals surface area contributed by atoms with Gasteiger partial charge < -0.3 is 10.6 Å². The number of likely N-dealkylation sites (N-methyl/N-ethyl adjacent to an activating group) is 1. The van der Waals surface area contributed by atoms with Gasteiger partial charge >= 0.3 is 0 Å². The highest BCUT2D eigenvalue weighted by molar-refractivity contribution is 7.91. The minimum Gasteiger partial charge on any atom is -0.368 e. The second-order valence-electron chi connectivity index (χ2n) is 5.16. The Morgan fingerprint density at radius 3 is 2.67 bits per heavy atom. The van der Waals surface area contributed by atoms with Crippen LogP contribution in [-0.4, -0.2) is 33.8 Å². The highest BCUT2D eigenvalue weighted by Crippen LogP contribution is 2.34. The van der Waals surface area contributed by atoms with Crippen LogP contribution >= 0.6 is 0 Å². The van der Waals surface area contributed by atoms with Crippen LogP contribution in [0.5, 0.6) is 0 Å². The largest absolute Gasteiger partial charge is 0.368 e. The first kappa shape index (κ1) is 13.4. The Hall–Kier alpha value is -1.07. The third kappa shape index (κ3) is 2.12. The van der Waals surface area contributed by atoms with Gasteiger partial charge in [-0.25, -0.2) is 8.42 Å². The molecule has 0 aromatic heterocycles. The first-order valence-corrected chi connectivity index (χ1v) is 7.81. The first-order chi connectivity index (χ1) is 8.36. The van der Waals surface area contributed by atoms with Crippen molar-refractivity contribution in [3.8, 4) is 0 Å². The first-order valence-electron chi connectivity index (χ1n) is 6.16. The molecule has 0 saturated carbocycles. The van der Waals surface area contributed by atoms with Crippen LogP contribution in [0.25, 0.3) is 0 Å². The molecule has 0 saturated heterocycles. The van der Waals surface area contributed by atoms with Crippen molar-refractivity contribution >= 4 is 15.5 Å². The molecule has 1 atom stereocenters. The molecule has 0 spiro atoms. The average Bonchev–Trinajstić information content (AvgIpc) is 2.33. The molecule has 1 aliphatic heterocycles. The van der Waals surface area contributed by atoms with Gasteiger partial charge in [-0.05, 0) is 23.6 Å². The molecule has 0 bridgehead atoms. The quantitative estimate of drug-likeness (QED) is 0.879. The summed E-state index contributed by atoms with van der Waals surface area (Å²) < 4.78 is 24.6. The van der Waals surface area contributed by atoms with E-state index in [0.717, 1.165) is 11.3 Å². The molecule has 1 aromatic carbocycles. The molecule has 0 amide bonds. The van der Waals surface area contributed by atoms with Crippen LogP contribution in [0.2, 0.25) is 0 Å². The molecular weight excluding hydrogens is 248 g/mol. The summed E-state index contributed by atoms with van der Waals surface area (Å²) >= 11 is 0. The third-order valence-electron chi connectivity index (χ3n) is 3.60. The van der Waals surface area contributed by atoms with E-state index in [2.05, 4.69) is 13.8 Å². The van der Waals surface area contributed by atoms with E-state index in [9.17, 15) is 8.42 Å². The Bertz CT molecular complexity index is 552. The topological polar surface area (TPSA) is 63.4 Å². The lowest BCUT2D eigenvalue weighted by Gasteiger charge is -2.35. The van der Waals surface area contributed by atoms with Crippen LogP contribution in [0.1, 0.15) is 25.3 Å². The lowest BCUT2D eigenvalue weighted by atomic mass is 10.0. The van der Waals surface area contributed by atoms with Gasteiger partial charge in [0.05, 0.1) is 22.4 Å². The van der Waals surface area contributed by atoms with E-state index in [1.165, 1.54) is 0 Å². The van der Waals surface area contributed by atoms with Crippen molar-refractivity contribution in [3.63, 3.8) is 0 Å². The molecule has 0 radical (unpaired) electrons. The second-order valence-corrected chi connectivity index (χ2v) is 7.17. The van der Waals surface area contributed by atoms with Crippen LogP contribution in [0.3, 0.4) is 0 Å². The van der Waals surface area contributed by atoms with Crippen molar-refractivity contribution in [1.29, 1.82) is 0 Å². The molecule has 0 aliphatic carbocycles. The summed E-state index contributed by atoms with van der Waals surface area (Å²) in [6, 6.07) is 5.56. The van der Waals surface area contributed by atoms with Gasteiger partial charge in [0, 0.05) is 13.6 Å². The van der Waals surface area contributed by atoms with Crippen LogP contribution in [-0.2, 0) is 9.84 Å². The van der Waals surface area contributed by atoms with Crippen LogP contribution in [0.15, 0.2) is 23.1 Å². The molecule has 1 heterocycles. The molecule has 2 rings (SSSR count). The minimum atomic E-state index is -3.21.